The first-order valence-electron chi connectivity index (χ1n) is 11.0. The highest BCUT2D eigenvalue weighted by molar-refractivity contribution is 8.01. The minimum absolute atomic E-state index is 0.121. The molecular formula is C26H23F2N3O2S. The van der Waals surface area contributed by atoms with Crippen LogP contribution in [0.1, 0.15) is 22.3 Å². The molecule has 8 heteroatoms. The third-order valence-electron chi connectivity index (χ3n) is 6.16. The predicted molar refractivity (Wildman–Crippen MR) is 128 cm³/mol. The van der Waals surface area contributed by atoms with Crippen molar-refractivity contribution in [2.75, 3.05) is 17.2 Å². The molecule has 1 atom stereocenters. The number of hydrogen-bond donors (Lipinski definition) is 1. The number of hydrogen-bond acceptors (Lipinski definition) is 3. The molecular weight excluding hydrogens is 456 g/mol. The molecule has 0 aliphatic carbocycles. The molecule has 0 radical (unpaired) electrons. The fraction of sp³-hybridized carbons (Fsp3) is 0.231. The van der Waals surface area contributed by atoms with Crippen molar-refractivity contribution in [1.29, 1.82) is 0 Å². The van der Waals surface area contributed by atoms with Crippen molar-refractivity contribution in [3.63, 3.8) is 0 Å². The van der Waals surface area contributed by atoms with Gasteiger partial charge in [0, 0.05) is 24.4 Å². The Kier molecular flexibility index (Phi) is 5.77. The third kappa shape index (κ3) is 3.81. The van der Waals surface area contributed by atoms with Gasteiger partial charge in [0.15, 0.2) is 4.87 Å². The van der Waals surface area contributed by atoms with E-state index in [1.165, 1.54) is 45.8 Å². The summed E-state index contributed by atoms with van der Waals surface area (Å²) in [6.07, 6.45) is 0. The van der Waals surface area contributed by atoms with Gasteiger partial charge in [-0.25, -0.2) is 13.6 Å². The Morgan fingerprint density at radius 3 is 2.59 bits per heavy atom. The lowest BCUT2D eigenvalue weighted by Crippen LogP contribution is -2.53. The molecule has 3 amide bonds. The van der Waals surface area contributed by atoms with E-state index in [1.807, 2.05) is 31.2 Å². The van der Waals surface area contributed by atoms with E-state index in [0.717, 1.165) is 11.1 Å². The van der Waals surface area contributed by atoms with Gasteiger partial charge < -0.3 is 10.2 Å². The zero-order valence-corrected chi connectivity index (χ0v) is 19.4. The number of aryl methyl sites for hydroxylation is 1. The van der Waals surface area contributed by atoms with E-state index in [9.17, 15) is 18.4 Å². The molecule has 2 aliphatic heterocycles. The van der Waals surface area contributed by atoms with Crippen molar-refractivity contribution in [3.8, 4) is 0 Å². The van der Waals surface area contributed by atoms with E-state index >= 15 is 0 Å². The van der Waals surface area contributed by atoms with Crippen LogP contribution >= 0.6 is 11.8 Å². The van der Waals surface area contributed by atoms with Gasteiger partial charge in [-0.3, -0.25) is 9.69 Å². The Morgan fingerprint density at radius 1 is 1.03 bits per heavy atom. The summed E-state index contributed by atoms with van der Waals surface area (Å²) >= 11 is 1.32. The van der Waals surface area contributed by atoms with Crippen molar-refractivity contribution >= 4 is 29.4 Å². The summed E-state index contributed by atoms with van der Waals surface area (Å²) in [4.78, 5) is 28.8. The lowest BCUT2D eigenvalue weighted by molar-refractivity contribution is -0.123. The number of amides is 3. The minimum Gasteiger partial charge on any atom is -0.334 e. The van der Waals surface area contributed by atoms with Crippen LogP contribution in [0, 0.1) is 18.6 Å². The molecule has 1 spiro atoms. The van der Waals surface area contributed by atoms with Gasteiger partial charge in [0.2, 0.25) is 0 Å². The summed E-state index contributed by atoms with van der Waals surface area (Å²) in [5.41, 5.74) is 3.62. The van der Waals surface area contributed by atoms with E-state index in [4.69, 9.17) is 0 Å². The van der Waals surface area contributed by atoms with Crippen LogP contribution in [0.25, 0.3) is 0 Å². The Morgan fingerprint density at radius 2 is 1.79 bits per heavy atom. The van der Waals surface area contributed by atoms with Crippen molar-refractivity contribution < 1.29 is 18.4 Å². The normalized spacial score (nSPS) is 19.1. The Balaban J connectivity index is 1.47. The van der Waals surface area contributed by atoms with Gasteiger partial charge in [-0.15, -0.1) is 11.8 Å². The number of nitrogens with zero attached hydrogens (tertiary/aromatic N) is 2. The molecule has 0 unspecified atom stereocenters. The van der Waals surface area contributed by atoms with Crippen LogP contribution < -0.4 is 10.2 Å². The Hall–Kier alpha value is -3.39. The van der Waals surface area contributed by atoms with E-state index < -0.39 is 16.5 Å². The predicted octanol–water partition coefficient (Wildman–Crippen LogP) is 4.93. The van der Waals surface area contributed by atoms with Crippen molar-refractivity contribution in [2.24, 2.45) is 0 Å². The molecule has 2 heterocycles. The monoisotopic (exact) mass is 479 g/mol. The summed E-state index contributed by atoms with van der Waals surface area (Å²) in [6, 6.07) is 17.6. The molecule has 0 bridgehead atoms. The van der Waals surface area contributed by atoms with E-state index in [1.54, 1.807) is 18.2 Å². The Bertz CT molecular complexity index is 1280. The molecule has 34 heavy (non-hydrogen) atoms. The first kappa shape index (κ1) is 22.4. The molecule has 1 fully saturated rings. The van der Waals surface area contributed by atoms with Crippen LogP contribution in [0.4, 0.5) is 19.3 Å². The molecule has 0 saturated carbocycles. The summed E-state index contributed by atoms with van der Waals surface area (Å²) in [7, 11) is 0. The van der Waals surface area contributed by atoms with Crippen molar-refractivity contribution in [2.45, 2.75) is 24.9 Å². The van der Waals surface area contributed by atoms with Crippen LogP contribution in [-0.4, -0.2) is 29.1 Å². The summed E-state index contributed by atoms with van der Waals surface area (Å²) in [5.74, 6) is -0.671. The smallest absolute Gasteiger partial charge is 0.319 e. The van der Waals surface area contributed by atoms with Gasteiger partial charge in [0.05, 0.1) is 12.2 Å². The van der Waals surface area contributed by atoms with Gasteiger partial charge in [-0.2, -0.15) is 0 Å². The molecule has 0 aromatic heterocycles. The average Bonchev–Trinajstić information content (AvgIpc) is 3.35. The number of thioether (sulfide) groups is 1. The van der Waals surface area contributed by atoms with Crippen LogP contribution in [0.15, 0.2) is 66.7 Å². The number of benzene rings is 3. The second-order valence-corrected chi connectivity index (χ2v) is 9.76. The highest BCUT2D eigenvalue weighted by Crippen LogP contribution is 2.54. The van der Waals surface area contributed by atoms with E-state index in [2.05, 4.69) is 5.32 Å². The average molecular weight is 480 g/mol. The maximum absolute atomic E-state index is 14.4. The lowest BCUT2D eigenvalue weighted by Gasteiger charge is -2.33. The molecule has 174 valence electrons. The fourth-order valence-electron chi connectivity index (χ4n) is 4.66. The maximum atomic E-state index is 14.4. The first-order valence-corrected chi connectivity index (χ1v) is 12.0. The van der Waals surface area contributed by atoms with Crippen molar-refractivity contribution in [1.82, 2.24) is 10.2 Å². The summed E-state index contributed by atoms with van der Waals surface area (Å²) in [6.45, 7) is 2.76. The number of halogens is 2. The Labute approximate surface area is 200 Å². The quantitative estimate of drug-likeness (QED) is 0.577. The highest BCUT2D eigenvalue weighted by Gasteiger charge is 2.59. The molecule has 2 aliphatic rings. The van der Waals surface area contributed by atoms with Crippen LogP contribution in [0.2, 0.25) is 0 Å². The SMILES string of the molecule is Cc1cccc(CNC(=O)N2CCS[C@@]23C(=O)N(Cc2cccc(F)c2)c2ccc(F)cc23)c1. The molecule has 5 rings (SSSR count). The number of fused-ring (bicyclic) bond motifs is 2. The van der Waals surface area contributed by atoms with Crippen LogP contribution in [0.5, 0.6) is 0 Å². The number of carbonyl (C=O) groups excluding carboxylic acids is 2. The highest BCUT2D eigenvalue weighted by atomic mass is 32.2. The lowest BCUT2D eigenvalue weighted by atomic mass is 10.1. The second kappa shape index (κ2) is 8.76. The number of anilines is 1. The van der Waals surface area contributed by atoms with Gasteiger partial charge in [-0.1, -0.05) is 42.0 Å². The zero-order chi connectivity index (χ0) is 23.9. The number of rotatable bonds is 4. The fourth-order valence-corrected chi connectivity index (χ4v) is 6.11. The largest absolute Gasteiger partial charge is 0.334 e. The van der Waals surface area contributed by atoms with Gasteiger partial charge in [0.1, 0.15) is 11.6 Å². The van der Waals surface area contributed by atoms with Gasteiger partial charge >= 0.3 is 6.03 Å². The number of nitrogens with one attached hydrogen (secondary N) is 1. The van der Waals surface area contributed by atoms with Gasteiger partial charge in [-0.05, 0) is 48.4 Å². The molecule has 1 N–H and O–H groups in total. The standard InChI is InChI=1S/C26H23F2N3O2S/c1-17-4-2-5-18(12-17)15-29-25(33)31-10-11-34-26(31)22-14-21(28)8-9-23(22)30(24(26)32)16-19-6-3-7-20(27)13-19/h2-9,12-14H,10-11,15-16H2,1H3,(H,29,33)/t26-/m0/s1. The molecule has 3 aromatic carbocycles. The minimum atomic E-state index is -1.36. The van der Waals surface area contributed by atoms with Crippen LogP contribution in [0.3, 0.4) is 0 Å². The topological polar surface area (TPSA) is 52.7 Å². The summed E-state index contributed by atoms with van der Waals surface area (Å²) in [5, 5.41) is 2.92. The molecule has 1 saturated heterocycles. The molecule has 3 aromatic rings. The van der Waals surface area contributed by atoms with E-state index in [-0.39, 0.29) is 18.5 Å². The second-order valence-electron chi connectivity index (χ2n) is 8.47. The van der Waals surface area contributed by atoms with Crippen molar-refractivity contribution in [3.05, 3.63) is 101 Å². The maximum Gasteiger partial charge on any atom is 0.319 e. The number of urea groups is 1. The third-order valence-corrected chi connectivity index (χ3v) is 7.58. The van der Waals surface area contributed by atoms with Gasteiger partial charge in [0.25, 0.3) is 5.91 Å². The van der Waals surface area contributed by atoms with E-state index in [0.29, 0.717) is 35.7 Å². The number of carbonyl (C=O) groups is 2. The molecule has 5 nitrogen and oxygen atoms in total. The summed E-state index contributed by atoms with van der Waals surface area (Å²) < 4.78 is 28.1. The van der Waals surface area contributed by atoms with Crippen LogP contribution in [-0.2, 0) is 22.8 Å². The first-order chi connectivity index (χ1) is 16.4. The zero-order valence-electron chi connectivity index (χ0n) is 18.6.